The van der Waals surface area contributed by atoms with E-state index in [9.17, 15) is 0 Å². The molecule has 0 fully saturated rings. The van der Waals surface area contributed by atoms with Gasteiger partial charge in [-0.2, -0.15) is 0 Å². The van der Waals surface area contributed by atoms with E-state index in [1.165, 1.54) is 92.2 Å². The number of nitrogens with zero attached hydrogens (tertiary/aromatic N) is 2. The summed E-state index contributed by atoms with van der Waals surface area (Å²) < 4.78 is 5.05. The van der Waals surface area contributed by atoms with Gasteiger partial charge in [0.05, 0.1) is 11.0 Å². The van der Waals surface area contributed by atoms with Gasteiger partial charge in [0, 0.05) is 59.1 Å². The van der Waals surface area contributed by atoms with Gasteiger partial charge in [-0.15, -0.1) is 11.3 Å². The van der Waals surface area contributed by atoms with Crippen molar-refractivity contribution in [1.82, 2.24) is 4.57 Å². The summed E-state index contributed by atoms with van der Waals surface area (Å²) in [5.41, 5.74) is 17.2. The van der Waals surface area contributed by atoms with Crippen molar-refractivity contribution in [2.45, 2.75) is 19.3 Å². The lowest BCUT2D eigenvalue weighted by Crippen LogP contribution is -2.15. The zero-order valence-corrected chi connectivity index (χ0v) is 34.2. The molecule has 0 bridgehead atoms. The predicted octanol–water partition coefficient (Wildman–Crippen LogP) is 16.3. The zero-order valence-electron chi connectivity index (χ0n) is 33.4. The fourth-order valence-corrected chi connectivity index (χ4v) is 10.9. The molecule has 3 heteroatoms. The number of fused-ring (bicyclic) bond motifs is 9. The Bertz CT molecular complexity index is 3440. The third kappa shape index (κ3) is 5.40. The van der Waals surface area contributed by atoms with Gasteiger partial charge in [-0.25, -0.2) is 0 Å². The molecule has 0 unspecified atom stereocenters. The minimum Gasteiger partial charge on any atom is -0.310 e. The summed E-state index contributed by atoms with van der Waals surface area (Å²) in [5.74, 6) is 0. The maximum atomic E-state index is 2.45. The molecule has 2 heterocycles. The summed E-state index contributed by atoms with van der Waals surface area (Å²) in [7, 11) is 0. The summed E-state index contributed by atoms with van der Waals surface area (Å²) in [6.07, 6.45) is 0. The molecule has 9 aromatic carbocycles. The number of para-hydroxylation sites is 1. The fourth-order valence-electron chi connectivity index (χ4n) is 9.80. The van der Waals surface area contributed by atoms with Gasteiger partial charge in [0.15, 0.2) is 0 Å². The molecule has 0 spiro atoms. The van der Waals surface area contributed by atoms with E-state index in [0.29, 0.717) is 0 Å². The Kier molecular flexibility index (Phi) is 7.79. The molecule has 0 aliphatic heterocycles. The third-order valence-corrected chi connectivity index (χ3v) is 13.9. The molecule has 1 aliphatic carbocycles. The van der Waals surface area contributed by atoms with Gasteiger partial charge in [0.25, 0.3) is 0 Å². The van der Waals surface area contributed by atoms with Crippen molar-refractivity contribution in [3.8, 4) is 39.1 Å². The normalized spacial score (nSPS) is 13.0. The number of thiophene rings is 1. The van der Waals surface area contributed by atoms with Crippen molar-refractivity contribution in [3.05, 3.63) is 217 Å². The second-order valence-electron chi connectivity index (χ2n) is 16.6. The Hall–Kier alpha value is -7.20. The molecular weight excluding hydrogens is 745 g/mol. The lowest BCUT2D eigenvalue weighted by Gasteiger charge is -2.26. The van der Waals surface area contributed by atoms with Crippen molar-refractivity contribution in [3.63, 3.8) is 0 Å². The number of hydrogen-bond donors (Lipinski definition) is 0. The average molecular weight is 785 g/mol. The Labute approximate surface area is 353 Å². The van der Waals surface area contributed by atoms with Crippen LogP contribution in [0.4, 0.5) is 17.1 Å². The summed E-state index contributed by atoms with van der Waals surface area (Å²) in [6, 6.07) is 76.0. The van der Waals surface area contributed by atoms with Crippen LogP contribution in [0.1, 0.15) is 25.0 Å². The van der Waals surface area contributed by atoms with Crippen LogP contribution in [-0.4, -0.2) is 4.57 Å². The van der Waals surface area contributed by atoms with Crippen LogP contribution >= 0.6 is 11.3 Å². The molecule has 0 N–H and O–H groups in total. The number of aromatic nitrogens is 1. The highest BCUT2D eigenvalue weighted by molar-refractivity contribution is 7.25. The smallest absolute Gasteiger partial charge is 0.0541 e. The molecule has 0 radical (unpaired) electrons. The lowest BCUT2D eigenvalue weighted by atomic mass is 9.82. The summed E-state index contributed by atoms with van der Waals surface area (Å²) >= 11 is 1.86. The van der Waals surface area contributed by atoms with E-state index in [0.717, 1.165) is 17.1 Å². The number of hydrogen-bond acceptors (Lipinski definition) is 2. The first-order chi connectivity index (χ1) is 29.5. The van der Waals surface area contributed by atoms with Crippen LogP contribution < -0.4 is 4.90 Å². The van der Waals surface area contributed by atoms with Crippen molar-refractivity contribution >= 4 is 70.4 Å². The van der Waals surface area contributed by atoms with Gasteiger partial charge in [-0.1, -0.05) is 147 Å². The molecular formula is C57H40N2S. The molecule has 0 saturated heterocycles. The first-order valence-corrected chi connectivity index (χ1v) is 21.6. The van der Waals surface area contributed by atoms with Crippen LogP contribution in [0.15, 0.2) is 206 Å². The van der Waals surface area contributed by atoms with Gasteiger partial charge in [-0.3, -0.25) is 0 Å². The minimum absolute atomic E-state index is 0.0629. The molecule has 1 aliphatic rings. The summed E-state index contributed by atoms with van der Waals surface area (Å²) in [5, 5.41) is 5.13. The predicted molar refractivity (Wildman–Crippen MR) is 257 cm³/mol. The molecule has 2 nitrogen and oxygen atoms in total. The second kappa shape index (κ2) is 13.4. The monoisotopic (exact) mass is 784 g/mol. The quantitative estimate of drug-likeness (QED) is 0.163. The molecule has 2 aromatic heterocycles. The van der Waals surface area contributed by atoms with Crippen LogP contribution in [0.3, 0.4) is 0 Å². The summed E-state index contributed by atoms with van der Waals surface area (Å²) in [6.45, 7) is 4.71. The lowest BCUT2D eigenvalue weighted by molar-refractivity contribution is 0.660. The SMILES string of the molecule is CC1(C)c2ccccc2-c2ccc(-n3c4ccccc4c4cc(-c5ccc(N(c6ccc(-c7ccccc7)cc6)c6ccc7c(c6)sc6ccccc67)cc5)ccc43)cc21. The molecule has 12 rings (SSSR count). The number of anilines is 3. The van der Waals surface area contributed by atoms with Gasteiger partial charge in [0.2, 0.25) is 0 Å². The van der Waals surface area contributed by atoms with Crippen molar-refractivity contribution in [1.29, 1.82) is 0 Å². The van der Waals surface area contributed by atoms with Crippen LogP contribution in [0.5, 0.6) is 0 Å². The Morgan fingerprint density at radius 1 is 0.383 bits per heavy atom. The van der Waals surface area contributed by atoms with Gasteiger partial charge in [-0.05, 0) is 117 Å². The first kappa shape index (κ1) is 34.8. The molecule has 60 heavy (non-hydrogen) atoms. The first-order valence-electron chi connectivity index (χ1n) is 20.7. The zero-order chi connectivity index (χ0) is 40.0. The number of rotatable bonds is 6. The molecule has 0 amide bonds. The van der Waals surface area contributed by atoms with Gasteiger partial charge < -0.3 is 9.47 Å². The van der Waals surface area contributed by atoms with E-state index >= 15 is 0 Å². The van der Waals surface area contributed by atoms with E-state index < -0.39 is 0 Å². The van der Waals surface area contributed by atoms with Crippen LogP contribution in [0.25, 0.3) is 81.0 Å². The Morgan fingerprint density at radius 2 is 0.967 bits per heavy atom. The highest BCUT2D eigenvalue weighted by Crippen LogP contribution is 2.50. The highest BCUT2D eigenvalue weighted by Gasteiger charge is 2.35. The molecule has 0 atom stereocenters. The fraction of sp³-hybridized carbons (Fsp3) is 0.0526. The largest absolute Gasteiger partial charge is 0.310 e. The highest BCUT2D eigenvalue weighted by atomic mass is 32.1. The van der Waals surface area contributed by atoms with E-state index in [1.807, 2.05) is 11.3 Å². The Morgan fingerprint density at radius 3 is 1.77 bits per heavy atom. The minimum atomic E-state index is -0.0629. The van der Waals surface area contributed by atoms with Gasteiger partial charge in [0.1, 0.15) is 0 Å². The third-order valence-electron chi connectivity index (χ3n) is 12.8. The van der Waals surface area contributed by atoms with Gasteiger partial charge >= 0.3 is 0 Å². The van der Waals surface area contributed by atoms with E-state index in [2.05, 4.69) is 230 Å². The average Bonchev–Trinajstić information content (AvgIpc) is 3.92. The van der Waals surface area contributed by atoms with Crippen LogP contribution in [0, 0.1) is 0 Å². The van der Waals surface area contributed by atoms with Crippen molar-refractivity contribution in [2.24, 2.45) is 0 Å². The van der Waals surface area contributed by atoms with Crippen LogP contribution in [0.2, 0.25) is 0 Å². The number of benzene rings is 9. The maximum absolute atomic E-state index is 2.45. The Balaban J connectivity index is 0.940. The van der Waals surface area contributed by atoms with E-state index in [4.69, 9.17) is 0 Å². The molecule has 11 aromatic rings. The molecule has 284 valence electrons. The van der Waals surface area contributed by atoms with Crippen LogP contribution in [-0.2, 0) is 5.41 Å². The second-order valence-corrected chi connectivity index (χ2v) is 17.6. The maximum Gasteiger partial charge on any atom is 0.0541 e. The molecule has 0 saturated carbocycles. The summed E-state index contributed by atoms with van der Waals surface area (Å²) in [4.78, 5) is 2.38. The van der Waals surface area contributed by atoms with Crippen molar-refractivity contribution < 1.29 is 0 Å². The van der Waals surface area contributed by atoms with Crippen molar-refractivity contribution in [2.75, 3.05) is 4.90 Å². The topological polar surface area (TPSA) is 8.17 Å². The standard InChI is InChI=1S/C57H40N2S/c1-57(2)51-17-9-6-14-45(51)46-31-29-43(35-52(46)57)59-53-18-10-7-15-47(53)50-34-40(24-33-54(50)59)39-22-27-42(28-23-39)58(41-25-20-38(21-26-41)37-12-4-3-5-13-37)44-30-32-49-48-16-8-11-19-55(48)60-56(49)36-44/h3-36H,1-2H3. The van der Waals surface area contributed by atoms with E-state index in [1.54, 1.807) is 0 Å². The van der Waals surface area contributed by atoms with E-state index in [-0.39, 0.29) is 5.41 Å².